The first-order chi connectivity index (χ1) is 5.79. The zero-order valence-electron chi connectivity index (χ0n) is 6.92. The fourth-order valence-corrected chi connectivity index (χ4v) is 1.33. The number of carbonyl (C=O) groups is 1. The second-order valence-electron chi connectivity index (χ2n) is 2.89. The molecule has 1 aliphatic heterocycles. The largest absolute Gasteiger partial charge is 0.310 e. The van der Waals surface area contributed by atoms with E-state index in [0.29, 0.717) is 6.42 Å². The molecule has 62 valence electrons. The first kappa shape index (κ1) is 7.28. The first-order valence-electron chi connectivity index (χ1n) is 4.08. The van der Waals surface area contributed by atoms with Crippen LogP contribution in [0.3, 0.4) is 0 Å². The number of hydrogen-bond acceptors (Lipinski definition) is 2. The molecule has 2 heterocycles. The standard InChI is InChI=1S/C9H10N2O/c1-2-7-4-3-6-5-8(12)11-9(6)10-7/h3-4H,2,5H2,1H3,(H,10,11,12). The van der Waals surface area contributed by atoms with Crippen LogP contribution in [0.15, 0.2) is 12.1 Å². The Labute approximate surface area is 70.8 Å². The van der Waals surface area contributed by atoms with E-state index in [1.54, 1.807) is 0 Å². The summed E-state index contributed by atoms with van der Waals surface area (Å²) >= 11 is 0. The quantitative estimate of drug-likeness (QED) is 0.672. The van der Waals surface area contributed by atoms with Crippen molar-refractivity contribution in [2.45, 2.75) is 19.8 Å². The van der Waals surface area contributed by atoms with Crippen LogP contribution in [0, 0.1) is 0 Å². The van der Waals surface area contributed by atoms with Gasteiger partial charge in [0.25, 0.3) is 0 Å². The van der Waals surface area contributed by atoms with Gasteiger partial charge in [-0.15, -0.1) is 0 Å². The highest BCUT2D eigenvalue weighted by Crippen LogP contribution is 2.20. The van der Waals surface area contributed by atoms with E-state index in [-0.39, 0.29) is 5.91 Å². The number of aryl methyl sites for hydroxylation is 1. The Morgan fingerprint density at radius 3 is 3.17 bits per heavy atom. The minimum absolute atomic E-state index is 0.0470. The average molecular weight is 162 g/mol. The van der Waals surface area contributed by atoms with Crippen LogP contribution in [-0.2, 0) is 17.6 Å². The van der Waals surface area contributed by atoms with Crippen molar-refractivity contribution in [2.75, 3.05) is 5.32 Å². The van der Waals surface area contributed by atoms with Gasteiger partial charge in [-0.05, 0) is 12.5 Å². The monoisotopic (exact) mass is 162 g/mol. The molecular formula is C9H10N2O. The Bertz CT molecular complexity index is 333. The second-order valence-corrected chi connectivity index (χ2v) is 2.89. The van der Waals surface area contributed by atoms with E-state index in [1.807, 2.05) is 19.1 Å². The number of nitrogens with zero attached hydrogens (tertiary/aromatic N) is 1. The molecule has 0 fully saturated rings. The number of amides is 1. The average Bonchev–Trinajstić information content (AvgIpc) is 2.43. The van der Waals surface area contributed by atoms with Crippen LogP contribution in [0.4, 0.5) is 5.82 Å². The van der Waals surface area contributed by atoms with Gasteiger partial charge in [-0.2, -0.15) is 0 Å². The fraction of sp³-hybridized carbons (Fsp3) is 0.333. The highest BCUT2D eigenvalue weighted by Gasteiger charge is 2.18. The lowest BCUT2D eigenvalue weighted by molar-refractivity contribution is -0.115. The van der Waals surface area contributed by atoms with Gasteiger partial charge in [0.2, 0.25) is 5.91 Å². The van der Waals surface area contributed by atoms with Crippen LogP contribution in [0.5, 0.6) is 0 Å². The summed E-state index contributed by atoms with van der Waals surface area (Å²) in [6.45, 7) is 2.05. The number of pyridine rings is 1. The zero-order valence-corrected chi connectivity index (χ0v) is 6.92. The molecule has 0 aliphatic carbocycles. The van der Waals surface area contributed by atoms with Crippen molar-refractivity contribution in [2.24, 2.45) is 0 Å². The SMILES string of the molecule is CCc1ccc2c(n1)NC(=O)C2. The van der Waals surface area contributed by atoms with Crippen LogP contribution >= 0.6 is 0 Å². The number of fused-ring (bicyclic) bond motifs is 1. The molecule has 0 unspecified atom stereocenters. The summed E-state index contributed by atoms with van der Waals surface area (Å²) in [7, 11) is 0. The maximum absolute atomic E-state index is 10.9. The molecule has 0 aromatic carbocycles. The maximum atomic E-state index is 10.9. The third kappa shape index (κ3) is 1.07. The van der Waals surface area contributed by atoms with Crippen molar-refractivity contribution in [3.05, 3.63) is 23.4 Å². The van der Waals surface area contributed by atoms with Crippen LogP contribution in [0.1, 0.15) is 18.2 Å². The van der Waals surface area contributed by atoms with E-state index < -0.39 is 0 Å². The predicted octanol–water partition coefficient (Wildman–Crippen LogP) is 1.14. The third-order valence-electron chi connectivity index (χ3n) is 2.01. The van der Waals surface area contributed by atoms with Gasteiger partial charge >= 0.3 is 0 Å². The molecule has 0 bridgehead atoms. The Hall–Kier alpha value is -1.38. The summed E-state index contributed by atoms with van der Waals surface area (Å²) in [6.07, 6.45) is 1.38. The van der Waals surface area contributed by atoms with Gasteiger partial charge in [-0.3, -0.25) is 4.79 Å². The van der Waals surface area contributed by atoms with Gasteiger partial charge in [-0.25, -0.2) is 4.98 Å². The highest BCUT2D eigenvalue weighted by molar-refractivity contribution is 5.97. The molecule has 1 amide bonds. The molecule has 1 aliphatic rings. The van der Waals surface area contributed by atoms with Crippen LogP contribution in [0.25, 0.3) is 0 Å². The summed E-state index contributed by atoms with van der Waals surface area (Å²) in [5.41, 5.74) is 2.04. The Kier molecular flexibility index (Phi) is 1.57. The van der Waals surface area contributed by atoms with E-state index in [4.69, 9.17) is 0 Å². The molecule has 3 heteroatoms. The van der Waals surface area contributed by atoms with Crippen molar-refractivity contribution in [3.8, 4) is 0 Å². The summed E-state index contributed by atoms with van der Waals surface area (Å²) in [5, 5.41) is 2.72. The summed E-state index contributed by atoms with van der Waals surface area (Å²) in [5.74, 6) is 0.796. The van der Waals surface area contributed by atoms with E-state index in [1.165, 1.54) is 0 Å². The van der Waals surface area contributed by atoms with Gasteiger partial charge in [0.15, 0.2) is 0 Å². The molecule has 2 rings (SSSR count). The lowest BCUT2D eigenvalue weighted by Gasteiger charge is -1.99. The van der Waals surface area contributed by atoms with E-state index in [0.717, 1.165) is 23.5 Å². The van der Waals surface area contributed by atoms with Crippen molar-refractivity contribution in [1.29, 1.82) is 0 Å². The summed E-state index contributed by atoms with van der Waals surface area (Å²) in [6, 6.07) is 3.94. The lowest BCUT2D eigenvalue weighted by Crippen LogP contribution is -2.04. The van der Waals surface area contributed by atoms with E-state index in [2.05, 4.69) is 10.3 Å². The van der Waals surface area contributed by atoms with Crippen LogP contribution in [0.2, 0.25) is 0 Å². The van der Waals surface area contributed by atoms with Gasteiger partial charge in [0, 0.05) is 11.3 Å². The lowest BCUT2D eigenvalue weighted by atomic mass is 10.2. The highest BCUT2D eigenvalue weighted by atomic mass is 16.1. The van der Waals surface area contributed by atoms with Crippen molar-refractivity contribution < 1.29 is 4.79 Å². The predicted molar refractivity (Wildman–Crippen MR) is 45.9 cm³/mol. The number of rotatable bonds is 1. The maximum Gasteiger partial charge on any atom is 0.230 e. The molecular weight excluding hydrogens is 152 g/mol. The molecule has 0 radical (unpaired) electrons. The van der Waals surface area contributed by atoms with Crippen molar-refractivity contribution >= 4 is 11.7 Å². The van der Waals surface area contributed by atoms with Gasteiger partial charge in [0.05, 0.1) is 6.42 Å². The van der Waals surface area contributed by atoms with Gasteiger partial charge < -0.3 is 5.32 Å². The molecule has 1 aromatic rings. The van der Waals surface area contributed by atoms with E-state index >= 15 is 0 Å². The molecule has 3 nitrogen and oxygen atoms in total. The summed E-state index contributed by atoms with van der Waals surface area (Å²) < 4.78 is 0. The number of hydrogen-bond donors (Lipinski definition) is 1. The number of aromatic nitrogens is 1. The van der Waals surface area contributed by atoms with Crippen molar-refractivity contribution in [3.63, 3.8) is 0 Å². The normalized spacial score (nSPS) is 14.2. The molecule has 1 aromatic heterocycles. The number of carbonyl (C=O) groups excluding carboxylic acids is 1. The fourth-order valence-electron chi connectivity index (χ4n) is 1.33. The molecule has 1 N–H and O–H groups in total. The Morgan fingerprint density at radius 1 is 1.58 bits per heavy atom. The smallest absolute Gasteiger partial charge is 0.230 e. The van der Waals surface area contributed by atoms with Gasteiger partial charge in [-0.1, -0.05) is 13.0 Å². The molecule has 0 spiro atoms. The molecule has 12 heavy (non-hydrogen) atoms. The zero-order chi connectivity index (χ0) is 8.55. The van der Waals surface area contributed by atoms with Crippen LogP contribution in [-0.4, -0.2) is 10.9 Å². The molecule has 0 saturated heterocycles. The molecule has 0 saturated carbocycles. The number of anilines is 1. The third-order valence-corrected chi connectivity index (χ3v) is 2.01. The Morgan fingerprint density at radius 2 is 2.42 bits per heavy atom. The minimum atomic E-state index is 0.0470. The second kappa shape index (κ2) is 2.59. The Balaban J connectivity index is 2.41. The topological polar surface area (TPSA) is 42.0 Å². The minimum Gasteiger partial charge on any atom is -0.310 e. The van der Waals surface area contributed by atoms with Crippen molar-refractivity contribution in [1.82, 2.24) is 4.98 Å². The summed E-state index contributed by atoms with van der Waals surface area (Å²) in [4.78, 5) is 15.2. The van der Waals surface area contributed by atoms with Gasteiger partial charge in [0.1, 0.15) is 5.82 Å². The number of nitrogens with one attached hydrogen (secondary N) is 1. The molecule has 0 atom stereocenters. The van der Waals surface area contributed by atoms with E-state index in [9.17, 15) is 4.79 Å². The van der Waals surface area contributed by atoms with Crippen LogP contribution < -0.4 is 5.32 Å². The first-order valence-corrected chi connectivity index (χ1v) is 4.08.